The van der Waals surface area contributed by atoms with E-state index < -0.39 is 0 Å². The number of hydrogen-bond acceptors (Lipinski definition) is 2. The number of benzene rings is 2. The van der Waals surface area contributed by atoms with Crippen molar-refractivity contribution in [3.8, 4) is 0 Å². The van der Waals surface area contributed by atoms with Crippen molar-refractivity contribution in [3.05, 3.63) is 59.7 Å². The van der Waals surface area contributed by atoms with Crippen molar-refractivity contribution < 1.29 is 8.78 Å². The average Bonchev–Trinajstić information content (AvgIpc) is 2.41. The molecule has 0 spiro atoms. The van der Waals surface area contributed by atoms with Gasteiger partial charge in [0.15, 0.2) is 0 Å². The van der Waals surface area contributed by atoms with E-state index in [0.717, 1.165) is 23.9 Å². The lowest BCUT2D eigenvalue weighted by Crippen LogP contribution is -2.11. The van der Waals surface area contributed by atoms with E-state index in [2.05, 4.69) is 5.32 Å². The van der Waals surface area contributed by atoms with Gasteiger partial charge in [0.25, 0.3) is 0 Å². The predicted octanol–water partition coefficient (Wildman–Crippen LogP) is 4.23. The summed E-state index contributed by atoms with van der Waals surface area (Å²) < 4.78 is 27.4. The number of rotatable bonds is 5. The van der Waals surface area contributed by atoms with E-state index in [1.807, 2.05) is 13.0 Å². The molecule has 0 bridgehead atoms. The van der Waals surface area contributed by atoms with Crippen LogP contribution in [0, 0.1) is 11.6 Å². The van der Waals surface area contributed by atoms with Crippen LogP contribution < -0.4 is 5.32 Å². The molecule has 0 saturated carbocycles. The Bertz CT molecular complexity index is 558. The van der Waals surface area contributed by atoms with Gasteiger partial charge in [0, 0.05) is 16.3 Å². The Balaban J connectivity index is 2.15. The van der Waals surface area contributed by atoms with E-state index in [1.165, 1.54) is 12.1 Å². The van der Waals surface area contributed by atoms with E-state index in [9.17, 15) is 8.78 Å². The zero-order valence-corrected chi connectivity index (χ0v) is 11.4. The molecule has 0 heterocycles. The van der Waals surface area contributed by atoms with E-state index in [0.29, 0.717) is 16.3 Å². The van der Waals surface area contributed by atoms with Crippen molar-refractivity contribution in [2.24, 2.45) is 0 Å². The normalized spacial score (nSPS) is 10.7. The van der Waals surface area contributed by atoms with Crippen molar-refractivity contribution in [1.82, 2.24) is 5.32 Å². The summed E-state index contributed by atoms with van der Waals surface area (Å²) in [6.07, 6.45) is 0. The van der Waals surface area contributed by atoms with Crippen molar-refractivity contribution >= 4 is 11.8 Å². The van der Waals surface area contributed by atoms with Crippen LogP contribution in [0.4, 0.5) is 8.78 Å². The molecular weight excluding hydrogens is 264 g/mol. The molecule has 1 N–H and O–H groups in total. The minimum Gasteiger partial charge on any atom is -0.313 e. The highest BCUT2D eigenvalue weighted by atomic mass is 32.2. The first kappa shape index (κ1) is 14.0. The Kier molecular flexibility index (Phi) is 4.93. The molecule has 0 aliphatic rings. The summed E-state index contributed by atoms with van der Waals surface area (Å²) in [7, 11) is 0. The Morgan fingerprint density at radius 3 is 2.42 bits per heavy atom. The van der Waals surface area contributed by atoms with Gasteiger partial charge in [0.1, 0.15) is 11.6 Å². The summed E-state index contributed by atoms with van der Waals surface area (Å²) in [6, 6.07) is 11.4. The maximum atomic E-state index is 13.9. The maximum Gasteiger partial charge on any atom is 0.137 e. The molecule has 0 fully saturated rings. The van der Waals surface area contributed by atoms with Gasteiger partial charge >= 0.3 is 0 Å². The van der Waals surface area contributed by atoms with Crippen LogP contribution in [-0.2, 0) is 6.54 Å². The van der Waals surface area contributed by atoms with Gasteiger partial charge in [0.2, 0.25) is 0 Å². The van der Waals surface area contributed by atoms with E-state index in [1.54, 1.807) is 24.3 Å². The van der Waals surface area contributed by atoms with Crippen LogP contribution in [0.15, 0.2) is 52.3 Å². The second-order valence-electron chi connectivity index (χ2n) is 4.08. The first-order valence-corrected chi connectivity index (χ1v) is 6.94. The Labute approximate surface area is 116 Å². The molecule has 19 heavy (non-hydrogen) atoms. The van der Waals surface area contributed by atoms with Gasteiger partial charge < -0.3 is 5.32 Å². The topological polar surface area (TPSA) is 12.0 Å². The molecule has 0 amide bonds. The predicted molar refractivity (Wildman–Crippen MR) is 74.3 cm³/mol. The van der Waals surface area contributed by atoms with Crippen molar-refractivity contribution in [1.29, 1.82) is 0 Å². The lowest BCUT2D eigenvalue weighted by atomic mass is 10.2. The zero-order valence-electron chi connectivity index (χ0n) is 10.6. The summed E-state index contributed by atoms with van der Waals surface area (Å²) >= 11 is 1.10. The fourth-order valence-electron chi connectivity index (χ4n) is 1.65. The molecule has 0 atom stereocenters. The minimum atomic E-state index is -0.330. The molecule has 2 rings (SSSR count). The standard InChI is InChI=1S/C15H15F2NS/c1-2-18-10-11-7-8-15(13(17)9-11)19-14-6-4-3-5-12(14)16/h3-9,18H,2,10H2,1H3. The molecule has 2 aromatic carbocycles. The molecule has 4 heteroatoms. The third-order valence-corrected chi connectivity index (χ3v) is 3.73. The molecular formula is C15H15F2NS. The van der Waals surface area contributed by atoms with Gasteiger partial charge in [-0.15, -0.1) is 0 Å². The van der Waals surface area contributed by atoms with Crippen LogP contribution in [0.1, 0.15) is 12.5 Å². The third kappa shape index (κ3) is 3.78. The zero-order chi connectivity index (χ0) is 13.7. The molecule has 0 radical (unpaired) electrons. The van der Waals surface area contributed by atoms with Crippen LogP contribution >= 0.6 is 11.8 Å². The molecule has 0 unspecified atom stereocenters. The van der Waals surface area contributed by atoms with Crippen LogP contribution in [0.3, 0.4) is 0 Å². The smallest absolute Gasteiger partial charge is 0.137 e. The fraction of sp³-hybridized carbons (Fsp3) is 0.200. The minimum absolute atomic E-state index is 0.316. The summed E-state index contributed by atoms with van der Waals surface area (Å²) in [4.78, 5) is 0.867. The van der Waals surface area contributed by atoms with Gasteiger partial charge in [-0.2, -0.15) is 0 Å². The molecule has 0 aromatic heterocycles. The van der Waals surface area contributed by atoms with Gasteiger partial charge in [-0.25, -0.2) is 8.78 Å². The first-order valence-electron chi connectivity index (χ1n) is 6.12. The third-order valence-electron chi connectivity index (χ3n) is 2.63. The Hall–Kier alpha value is -1.39. The monoisotopic (exact) mass is 279 g/mol. The van der Waals surface area contributed by atoms with E-state index in [4.69, 9.17) is 0 Å². The van der Waals surface area contributed by atoms with Crippen molar-refractivity contribution in [2.75, 3.05) is 6.54 Å². The largest absolute Gasteiger partial charge is 0.313 e. The summed E-state index contributed by atoms with van der Waals surface area (Å²) in [5, 5.41) is 3.14. The quantitative estimate of drug-likeness (QED) is 0.879. The highest BCUT2D eigenvalue weighted by Gasteiger charge is 2.08. The van der Waals surface area contributed by atoms with Gasteiger partial charge in [-0.1, -0.05) is 36.9 Å². The number of halogens is 2. The van der Waals surface area contributed by atoms with Gasteiger partial charge in [-0.3, -0.25) is 0 Å². The van der Waals surface area contributed by atoms with Crippen LogP contribution in [-0.4, -0.2) is 6.54 Å². The Morgan fingerprint density at radius 1 is 1.00 bits per heavy atom. The average molecular weight is 279 g/mol. The van der Waals surface area contributed by atoms with Gasteiger partial charge in [-0.05, 0) is 36.4 Å². The molecule has 0 saturated heterocycles. The van der Waals surface area contributed by atoms with Crippen LogP contribution in [0.2, 0.25) is 0 Å². The highest BCUT2D eigenvalue weighted by molar-refractivity contribution is 7.99. The highest BCUT2D eigenvalue weighted by Crippen LogP contribution is 2.31. The summed E-state index contributed by atoms with van der Waals surface area (Å²) in [5.74, 6) is -0.646. The first-order chi connectivity index (χ1) is 9.20. The fourth-order valence-corrected chi connectivity index (χ4v) is 2.49. The van der Waals surface area contributed by atoms with E-state index in [-0.39, 0.29) is 11.6 Å². The van der Waals surface area contributed by atoms with Crippen LogP contribution in [0.25, 0.3) is 0 Å². The second kappa shape index (κ2) is 6.68. The lowest BCUT2D eigenvalue weighted by Gasteiger charge is -2.07. The SMILES string of the molecule is CCNCc1ccc(Sc2ccccc2F)c(F)c1. The number of nitrogens with one attached hydrogen (secondary N) is 1. The summed E-state index contributed by atoms with van der Waals surface area (Å²) in [6.45, 7) is 3.48. The maximum absolute atomic E-state index is 13.9. The Morgan fingerprint density at radius 2 is 1.74 bits per heavy atom. The lowest BCUT2D eigenvalue weighted by molar-refractivity contribution is 0.592. The van der Waals surface area contributed by atoms with Gasteiger partial charge in [0.05, 0.1) is 0 Å². The van der Waals surface area contributed by atoms with Crippen molar-refractivity contribution in [3.63, 3.8) is 0 Å². The summed E-state index contributed by atoms with van der Waals surface area (Å²) in [5.41, 5.74) is 0.886. The molecule has 0 aliphatic heterocycles. The molecule has 100 valence electrons. The second-order valence-corrected chi connectivity index (χ2v) is 5.16. The van der Waals surface area contributed by atoms with Crippen molar-refractivity contribution in [2.45, 2.75) is 23.3 Å². The van der Waals surface area contributed by atoms with E-state index >= 15 is 0 Å². The molecule has 2 aromatic rings. The number of hydrogen-bond donors (Lipinski definition) is 1. The molecule has 0 aliphatic carbocycles. The van der Waals surface area contributed by atoms with Crippen LogP contribution in [0.5, 0.6) is 0 Å². The molecule has 1 nitrogen and oxygen atoms in total.